The lowest BCUT2D eigenvalue weighted by atomic mass is 9.77. The molecule has 0 radical (unpaired) electrons. The van der Waals surface area contributed by atoms with Gasteiger partial charge in [0, 0.05) is 31.7 Å². The Bertz CT molecular complexity index is 991. The molecule has 0 bridgehead atoms. The van der Waals surface area contributed by atoms with Crippen molar-refractivity contribution in [1.82, 2.24) is 9.47 Å². The van der Waals surface area contributed by atoms with Crippen LogP contribution in [0.4, 0.5) is 0 Å². The summed E-state index contributed by atoms with van der Waals surface area (Å²) in [5.41, 5.74) is 3.26. The number of fused-ring (bicyclic) bond motifs is 1. The minimum atomic E-state index is -0.202. The second-order valence-electron chi connectivity index (χ2n) is 7.81. The van der Waals surface area contributed by atoms with Crippen molar-refractivity contribution >= 4 is 5.91 Å². The number of likely N-dealkylation sites (N-methyl/N-ethyl adjacent to an activating group) is 1. The highest BCUT2D eigenvalue weighted by Crippen LogP contribution is 2.42. The molecule has 1 fully saturated rings. The highest BCUT2D eigenvalue weighted by Gasteiger charge is 2.32. The van der Waals surface area contributed by atoms with Crippen LogP contribution in [0, 0.1) is 6.92 Å². The van der Waals surface area contributed by atoms with Gasteiger partial charge < -0.3 is 18.9 Å². The molecule has 0 aliphatic heterocycles. The fourth-order valence-corrected chi connectivity index (χ4v) is 4.05. The number of nitrogens with zero attached hydrogens (tertiary/aromatic N) is 2. The van der Waals surface area contributed by atoms with Gasteiger partial charge in [-0.05, 0) is 61.1 Å². The van der Waals surface area contributed by atoms with Gasteiger partial charge >= 0.3 is 0 Å². The van der Waals surface area contributed by atoms with Crippen LogP contribution in [-0.4, -0.2) is 43.2 Å². The number of pyridine rings is 1. The summed E-state index contributed by atoms with van der Waals surface area (Å²) >= 11 is 0. The number of ether oxygens (including phenoxy) is 2. The molecule has 1 heterocycles. The molecule has 2 aromatic rings. The Morgan fingerprint density at radius 1 is 1.21 bits per heavy atom. The predicted molar refractivity (Wildman–Crippen MR) is 107 cm³/mol. The fraction of sp³-hybridized carbons (Fsp3) is 0.455. The van der Waals surface area contributed by atoms with Crippen LogP contribution >= 0.6 is 0 Å². The van der Waals surface area contributed by atoms with Gasteiger partial charge in [-0.25, -0.2) is 0 Å². The van der Waals surface area contributed by atoms with Crippen LogP contribution in [0.3, 0.4) is 0 Å². The van der Waals surface area contributed by atoms with Crippen molar-refractivity contribution in [3.63, 3.8) is 0 Å². The second kappa shape index (κ2) is 7.00. The van der Waals surface area contributed by atoms with Gasteiger partial charge in [-0.3, -0.25) is 9.59 Å². The van der Waals surface area contributed by atoms with E-state index in [1.165, 1.54) is 11.1 Å². The van der Waals surface area contributed by atoms with Crippen molar-refractivity contribution in [1.29, 1.82) is 0 Å². The van der Waals surface area contributed by atoms with Crippen molar-refractivity contribution in [3.8, 4) is 11.5 Å². The first-order valence-corrected chi connectivity index (χ1v) is 9.66. The van der Waals surface area contributed by atoms with Crippen LogP contribution in [0.15, 0.2) is 29.2 Å². The normalized spacial score (nSPS) is 17.5. The Morgan fingerprint density at radius 3 is 2.54 bits per heavy atom. The fourth-order valence-electron chi connectivity index (χ4n) is 4.05. The standard InChI is InChI=1S/C22H26N2O4/c1-13-7-8-24(16-5-6-16)22(26)20(13)21(25)23(2)12-15-9-14-10-18(27-3)19(28-4)11-17(14)15/h7-8,10-11,15-16H,5-6,9,12H2,1-4H3/t15-/m1/s1. The maximum absolute atomic E-state index is 13.1. The smallest absolute Gasteiger partial charge is 0.263 e. The zero-order valence-corrected chi connectivity index (χ0v) is 16.8. The molecule has 2 aliphatic rings. The molecule has 28 heavy (non-hydrogen) atoms. The lowest BCUT2D eigenvalue weighted by Crippen LogP contribution is -2.39. The first kappa shape index (κ1) is 18.6. The topological polar surface area (TPSA) is 60.8 Å². The van der Waals surface area contributed by atoms with E-state index in [1.54, 1.807) is 30.7 Å². The molecule has 1 aromatic heterocycles. The number of aromatic nitrogens is 1. The van der Waals surface area contributed by atoms with E-state index in [0.29, 0.717) is 17.9 Å². The van der Waals surface area contributed by atoms with Gasteiger partial charge in [-0.2, -0.15) is 0 Å². The molecule has 148 valence electrons. The van der Waals surface area contributed by atoms with E-state index < -0.39 is 0 Å². The predicted octanol–water partition coefficient (Wildman–Crippen LogP) is 2.92. The number of carbonyl (C=O) groups is 1. The molecule has 0 spiro atoms. The number of aryl methyl sites for hydroxylation is 1. The number of hydrogen-bond donors (Lipinski definition) is 0. The number of rotatable bonds is 6. The number of benzene rings is 1. The Kier molecular flexibility index (Phi) is 4.65. The molecule has 1 aromatic carbocycles. The minimum absolute atomic E-state index is 0.167. The van der Waals surface area contributed by atoms with Gasteiger partial charge in [0.1, 0.15) is 5.56 Å². The first-order valence-electron chi connectivity index (χ1n) is 9.66. The van der Waals surface area contributed by atoms with Gasteiger partial charge in [0.2, 0.25) is 0 Å². The van der Waals surface area contributed by atoms with Crippen molar-refractivity contribution in [2.75, 3.05) is 27.8 Å². The summed E-state index contributed by atoms with van der Waals surface area (Å²) < 4.78 is 12.5. The van der Waals surface area contributed by atoms with Crippen LogP contribution in [0.1, 0.15) is 51.8 Å². The number of hydrogen-bond acceptors (Lipinski definition) is 4. The van der Waals surface area contributed by atoms with Crippen molar-refractivity contribution < 1.29 is 14.3 Å². The lowest BCUT2D eigenvalue weighted by Gasteiger charge is -2.34. The highest BCUT2D eigenvalue weighted by molar-refractivity contribution is 5.95. The van der Waals surface area contributed by atoms with Crippen molar-refractivity contribution in [2.45, 2.75) is 38.1 Å². The molecule has 6 nitrogen and oxygen atoms in total. The van der Waals surface area contributed by atoms with Gasteiger partial charge in [0.05, 0.1) is 14.2 Å². The Balaban J connectivity index is 1.54. The molecule has 2 aliphatic carbocycles. The Morgan fingerprint density at radius 2 is 1.89 bits per heavy atom. The van der Waals surface area contributed by atoms with E-state index >= 15 is 0 Å². The summed E-state index contributed by atoms with van der Waals surface area (Å²) in [4.78, 5) is 27.6. The minimum Gasteiger partial charge on any atom is -0.493 e. The molecule has 0 saturated heterocycles. The number of methoxy groups -OCH3 is 2. The van der Waals surface area contributed by atoms with E-state index in [1.807, 2.05) is 31.3 Å². The highest BCUT2D eigenvalue weighted by atomic mass is 16.5. The average molecular weight is 382 g/mol. The molecule has 4 rings (SSSR count). The zero-order chi connectivity index (χ0) is 20.0. The maximum Gasteiger partial charge on any atom is 0.263 e. The third-order valence-electron chi connectivity index (χ3n) is 5.87. The van der Waals surface area contributed by atoms with Crippen LogP contribution in [0.25, 0.3) is 0 Å². The third kappa shape index (κ3) is 3.07. The van der Waals surface area contributed by atoms with Crippen LogP contribution in [0.5, 0.6) is 11.5 Å². The molecule has 0 N–H and O–H groups in total. The van der Waals surface area contributed by atoms with E-state index in [0.717, 1.165) is 30.6 Å². The van der Waals surface area contributed by atoms with E-state index in [-0.39, 0.29) is 23.4 Å². The molecular weight excluding hydrogens is 356 g/mol. The second-order valence-corrected chi connectivity index (χ2v) is 7.81. The van der Waals surface area contributed by atoms with E-state index in [9.17, 15) is 9.59 Å². The third-order valence-corrected chi connectivity index (χ3v) is 5.87. The number of carbonyl (C=O) groups excluding carboxylic acids is 1. The largest absolute Gasteiger partial charge is 0.493 e. The molecule has 1 amide bonds. The summed E-state index contributed by atoms with van der Waals surface area (Å²) in [5, 5.41) is 0. The van der Waals surface area contributed by atoms with Gasteiger partial charge in [-0.15, -0.1) is 0 Å². The summed E-state index contributed by atoms with van der Waals surface area (Å²) in [6.07, 6.45) is 4.72. The van der Waals surface area contributed by atoms with Crippen LogP contribution < -0.4 is 15.0 Å². The summed E-state index contributed by atoms with van der Waals surface area (Å²) in [7, 11) is 5.02. The van der Waals surface area contributed by atoms with Crippen LogP contribution in [-0.2, 0) is 6.42 Å². The maximum atomic E-state index is 13.1. The van der Waals surface area contributed by atoms with E-state index in [4.69, 9.17) is 9.47 Å². The quantitative estimate of drug-likeness (QED) is 0.771. The summed E-state index contributed by atoms with van der Waals surface area (Å²) in [6, 6.07) is 6.12. The van der Waals surface area contributed by atoms with Crippen molar-refractivity contribution in [3.05, 3.63) is 57.0 Å². The Hall–Kier alpha value is -2.76. The summed E-state index contributed by atoms with van der Waals surface area (Å²) in [6.45, 7) is 2.40. The lowest BCUT2D eigenvalue weighted by molar-refractivity contribution is 0.0779. The molecule has 6 heteroatoms. The summed E-state index contributed by atoms with van der Waals surface area (Å²) in [5.74, 6) is 1.46. The SMILES string of the molecule is COc1cc2c(cc1OC)[C@@H](CN(C)C(=O)c1c(C)ccn(C3CC3)c1=O)C2. The van der Waals surface area contributed by atoms with Crippen molar-refractivity contribution in [2.24, 2.45) is 0 Å². The van der Waals surface area contributed by atoms with E-state index in [2.05, 4.69) is 0 Å². The number of amides is 1. The molecular formula is C22H26N2O4. The monoisotopic (exact) mass is 382 g/mol. The van der Waals surface area contributed by atoms with Gasteiger partial charge in [0.15, 0.2) is 11.5 Å². The van der Waals surface area contributed by atoms with Gasteiger partial charge in [-0.1, -0.05) is 0 Å². The Labute approximate surface area is 164 Å². The van der Waals surface area contributed by atoms with Crippen LogP contribution in [0.2, 0.25) is 0 Å². The molecule has 1 saturated carbocycles. The average Bonchev–Trinajstić information content (AvgIpc) is 3.50. The first-order chi connectivity index (χ1) is 13.4. The van der Waals surface area contributed by atoms with Gasteiger partial charge in [0.25, 0.3) is 11.5 Å². The molecule has 0 unspecified atom stereocenters. The zero-order valence-electron chi connectivity index (χ0n) is 16.8. The molecule has 1 atom stereocenters.